The molecule has 3 nitrogen and oxygen atoms in total. The maximum absolute atomic E-state index is 3.75. The van der Waals surface area contributed by atoms with E-state index >= 15 is 0 Å². The largest absolute Gasteiger partial charge is 0.268 e. The lowest BCUT2D eigenvalue weighted by molar-refractivity contribution is 1.16. The Kier molecular flexibility index (Phi) is 5.27. The van der Waals surface area contributed by atoms with Crippen LogP contribution in [-0.4, -0.2) is 13.3 Å². The van der Waals surface area contributed by atoms with Crippen molar-refractivity contribution in [3.63, 3.8) is 0 Å². The predicted molar refractivity (Wildman–Crippen MR) is 34.1 cm³/mol. The van der Waals surface area contributed by atoms with Crippen molar-refractivity contribution in [2.24, 2.45) is 15.2 Å². The zero-order valence-electron chi connectivity index (χ0n) is 5.07. The summed E-state index contributed by atoms with van der Waals surface area (Å²) < 4.78 is 0. The maximum atomic E-state index is 3.75. The zero-order chi connectivity index (χ0) is 6.24. The van der Waals surface area contributed by atoms with E-state index in [1.54, 1.807) is 19.5 Å². The van der Waals surface area contributed by atoms with Crippen LogP contribution in [-0.2, 0) is 0 Å². The molecule has 0 fully saturated rings. The molecule has 0 aliphatic carbocycles. The van der Waals surface area contributed by atoms with E-state index in [9.17, 15) is 0 Å². The van der Waals surface area contributed by atoms with Crippen molar-refractivity contribution >= 4 is 6.21 Å². The molecule has 44 valence electrons. The Balaban J connectivity index is 3.35. The molecule has 0 N–H and O–H groups in total. The number of azo groups is 1. The van der Waals surface area contributed by atoms with E-state index in [0.717, 1.165) is 0 Å². The molecular weight excluding hydrogens is 102 g/mol. The normalized spacial score (nSPS) is 12.8. The third kappa shape index (κ3) is 5.01. The van der Waals surface area contributed by atoms with Gasteiger partial charge in [0.05, 0.1) is 6.20 Å². The van der Waals surface area contributed by atoms with Crippen molar-refractivity contribution in [2.45, 2.75) is 6.92 Å². The Bertz CT molecular complexity index is 98.8. The van der Waals surface area contributed by atoms with Gasteiger partial charge in [0.15, 0.2) is 0 Å². The molecule has 0 spiro atoms. The number of nitrogens with zero attached hydrogens (tertiary/aromatic N) is 3. The van der Waals surface area contributed by atoms with Gasteiger partial charge in [0, 0.05) is 19.5 Å². The molecule has 0 saturated carbocycles. The number of hydrogen-bond donors (Lipinski definition) is 0. The van der Waals surface area contributed by atoms with E-state index in [-0.39, 0.29) is 0 Å². The third-order valence-electron chi connectivity index (χ3n) is 0.484. The van der Waals surface area contributed by atoms with Crippen LogP contribution < -0.4 is 0 Å². The van der Waals surface area contributed by atoms with Gasteiger partial charge in [-0.05, 0) is 6.92 Å². The van der Waals surface area contributed by atoms with Gasteiger partial charge < -0.3 is 0 Å². The predicted octanol–water partition coefficient (Wildman–Crippen LogP) is 1.63. The minimum atomic E-state index is 1.53. The topological polar surface area (TPSA) is 37.1 Å². The van der Waals surface area contributed by atoms with Gasteiger partial charge >= 0.3 is 0 Å². The van der Waals surface area contributed by atoms with Gasteiger partial charge in [-0.15, -0.1) is 0 Å². The molecule has 0 aliphatic rings. The smallest absolute Gasteiger partial charge is 0.0673 e. The van der Waals surface area contributed by atoms with E-state index in [2.05, 4.69) is 15.2 Å². The minimum absolute atomic E-state index is 1.53. The Morgan fingerprint density at radius 1 is 1.25 bits per heavy atom. The standard InChI is InChI=1S/C5H9N3/c1-3-7-4-5-8-6-2/h3-5H,1-2H3/b5-4-,7-3-,8-6-. The first-order valence-corrected chi connectivity index (χ1v) is 2.33. The molecule has 0 amide bonds. The molecule has 0 bridgehead atoms. The fourth-order valence-corrected chi connectivity index (χ4v) is 0.221. The summed E-state index contributed by atoms with van der Waals surface area (Å²) in [6.07, 6.45) is 4.79. The number of rotatable bonds is 2. The third-order valence-corrected chi connectivity index (χ3v) is 0.484. The van der Waals surface area contributed by atoms with Gasteiger partial charge in [0.1, 0.15) is 0 Å². The highest BCUT2D eigenvalue weighted by molar-refractivity contribution is 5.54. The van der Waals surface area contributed by atoms with Crippen molar-refractivity contribution in [3.8, 4) is 0 Å². The molecule has 8 heavy (non-hydrogen) atoms. The van der Waals surface area contributed by atoms with Crippen LogP contribution in [0.25, 0.3) is 0 Å². The van der Waals surface area contributed by atoms with E-state index < -0.39 is 0 Å². The van der Waals surface area contributed by atoms with Crippen LogP contribution in [0.2, 0.25) is 0 Å². The van der Waals surface area contributed by atoms with Gasteiger partial charge in [-0.1, -0.05) is 0 Å². The van der Waals surface area contributed by atoms with Gasteiger partial charge in [0.25, 0.3) is 0 Å². The molecule has 0 saturated heterocycles. The van der Waals surface area contributed by atoms with Crippen LogP contribution in [0, 0.1) is 0 Å². The van der Waals surface area contributed by atoms with Gasteiger partial charge in [-0.3, -0.25) is 4.99 Å². The van der Waals surface area contributed by atoms with Gasteiger partial charge in [-0.25, -0.2) is 0 Å². The van der Waals surface area contributed by atoms with Crippen LogP contribution in [0.5, 0.6) is 0 Å². The van der Waals surface area contributed by atoms with Crippen LogP contribution in [0.15, 0.2) is 27.6 Å². The highest BCUT2D eigenvalue weighted by Gasteiger charge is 1.56. The summed E-state index contributed by atoms with van der Waals surface area (Å²) >= 11 is 0. The Morgan fingerprint density at radius 3 is 2.50 bits per heavy atom. The summed E-state index contributed by atoms with van der Waals surface area (Å²) in [6, 6.07) is 0. The molecule has 0 heterocycles. The summed E-state index contributed by atoms with van der Waals surface area (Å²) in [5.74, 6) is 0. The second-order valence-corrected chi connectivity index (χ2v) is 1.02. The van der Waals surface area contributed by atoms with Gasteiger partial charge in [0.2, 0.25) is 0 Å². The quantitative estimate of drug-likeness (QED) is 0.383. The first-order chi connectivity index (χ1) is 3.91. The fraction of sp³-hybridized carbons (Fsp3) is 0.400. The average Bonchev–Trinajstić information content (AvgIpc) is 1.81. The van der Waals surface area contributed by atoms with E-state index in [1.165, 1.54) is 6.20 Å². The van der Waals surface area contributed by atoms with E-state index in [1.807, 2.05) is 6.92 Å². The Labute approximate surface area is 48.9 Å². The van der Waals surface area contributed by atoms with Crippen molar-refractivity contribution in [3.05, 3.63) is 12.4 Å². The molecule has 0 rings (SSSR count). The van der Waals surface area contributed by atoms with Crippen LogP contribution in [0.3, 0.4) is 0 Å². The lowest BCUT2D eigenvalue weighted by Crippen LogP contribution is -1.52. The summed E-state index contributed by atoms with van der Waals surface area (Å²) in [7, 11) is 1.61. The van der Waals surface area contributed by atoms with Crippen molar-refractivity contribution in [1.29, 1.82) is 0 Å². The van der Waals surface area contributed by atoms with Crippen molar-refractivity contribution in [2.75, 3.05) is 7.05 Å². The molecule has 0 aromatic heterocycles. The second-order valence-electron chi connectivity index (χ2n) is 1.02. The minimum Gasteiger partial charge on any atom is -0.268 e. The highest BCUT2D eigenvalue weighted by atomic mass is 15.1. The lowest BCUT2D eigenvalue weighted by atomic mass is 10.8. The van der Waals surface area contributed by atoms with E-state index in [4.69, 9.17) is 0 Å². The van der Waals surface area contributed by atoms with Gasteiger partial charge in [-0.2, -0.15) is 10.2 Å². The first kappa shape index (κ1) is 7.01. The van der Waals surface area contributed by atoms with Crippen LogP contribution in [0.1, 0.15) is 6.92 Å². The molecule has 0 aliphatic heterocycles. The second kappa shape index (κ2) is 6.01. The molecule has 0 unspecified atom stereocenters. The summed E-state index contributed by atoms with van der Waals surface area (Å²) in [6.45, 7) is 1.84. The number of aliphatic imine (C=N–C) groups is 1. The molecule has 0 aromatic rings. The lowest BCUT2D eigenvalue weighted by Gasteiger charge is -1.68. The Morgan fingerprint density at radius 2 is 2.00 bits per heavy atom. The first-order valence-electron chi connectivity index (χ1n) is 2.33. The monoisotopic (exact) mass is 111 g/mol. The summed E-state index contributed by atoms with van der Waals surface area (Å²) in [5.41, 5.74) is 0. The summed E-state index contributed by atoms with van der Waals surface area (Å²) in [4.78, 5) is 3.75. The molecule has 0 aromatic carbocycles. The molecule has 0 radical (unpaired) electrons. The highest BCUT2D eigenvalue weighted by Crippen LogP contribution is 1.75. The van der Waals surface area contributed by atoms with Crippen LogP contribution in [0.4, 0.5) is 0 Å². The Hall–Kier alpha value is -0.990. The molecule has 0 atom stereocenters. The maximum Gasteiger partial charge on any atom is 0.0673 e. The SMILES string of the molecule is C\C=N/C=C\N=N/C. The number of hydrogen-bond acceptors (Lipinski definition) is 3. The van der Waals surface area contributed by atoms with Crippen molar-refractivity contribution in [1.82, 2.24) is 0 Å². The zero-order valence-corrected chi connectivity index (χ0v) is 5.07. The van der Waals surface area contributed by atoms with Crippen LogP contribution >= 0.6 is 0 Å². The molecular formula is C5H9N3. The fourth-order valence-electron chi connectivity index (χ4n) is 0.221. The average molecular weight is 111 g/mol. The summed E-state index contributed by atoms with van der Waals surface area (Å²) in [5, 5.41) is 7.01. The van der Waals surface area contributed by atoms with Crippen molar-refractivity contribution < 1.29 is 0 Å². The van der Waals surface area contributed by atoms with E-state index in [0.29, 0.717) is 0 Å². The molecule has 3 heteroatoms.